The minimum atomic E-state index is -0.794. The predicted molar refractivity (Wildman–Crippen MR) is 128 cm³/mol. The number of anilines is 1. The molecule has 2 aromatic carbocycles. The number of aliphatic imine (C=N–C) groups is 1. The molecule has 2 N–H and O–H groups in total. The van der Waals surface area contributed by atoms with Gasteiger partial charge in [0, 0.05) is 18.0 Å². The third-order valence-electron chi connectivity index (χ3n) is 5.41. The molecule has 9 nitrogen and oxygen atoms in total. The molecule has 0 saturated heterocycles. The van der Waals surface area contributed by atoms with Crippen molar-refractivity contribution in [1.29, 1.82) is 0 Å². The molecular formula is C25H18N7O2-. The number of nitrogens with two attached hydrogens (primary N) is 1. The summed E-state index contributed by atoms with van der Waals surface area (Å²) in [5.74, 6) is 2.25. The fourth-order valence-corrected chi connectivity index (χ4v) is 3.88. The summed E-state index contributed by atoms with van der Waals surface area (Å²) in [5, 5.41) is 17.6. The normalized spacial score (nSPS) is 12.6. The Balaban J connectivity index is 1.74. The molecule has 0 amide bonds. The van der Waals surface area contributed by atoms with Gasteiger partial charge in [-0.1, -0.05) is 30.2 Å². The van der Waals surface area contributed by atoms with Crippen LogP contribution in [-0.2, 0) is 0 Å². The molecule has 1 atom stereocenters. The molecule has 9 heteroatoms. The number of benzene rings is 2. The van der Waals surface area contributed by atoms with Crippen molar-refractivity contribution in [3.8, 4) is 18.0 Å². The van der Waals surface area contributed by atoms with Crippen LogP contribution in [0.1, 0.15) is 29.9 Å². The topological polar surface area (TPSA) is 127 Å². The zero-order chi connectivity index (χ0) is 23.8. The number of rotatable bonds is 4. The summed E-state index contributed by atoms with van der Waals surface area (Å²) >= 11 is 0. The number of nitrogens with zero attached hydrogens (tertiary/aromatic N) is 6. The quantitative estimate of drug-likeness (QED) is 0.254. The third kappa shape index (κ3) is 3.34. The van der Waals surface area contributed by atoms with Crippen molar-refractivity contribution in [3.05, 3.63) is 94.3 Å². The molecule has 0 radical (unpaired) electrons. The van der Waals surface area contributed by atoms with Gasteiger partial charge in [-0.3, -0.25) is 14.4 Å². The standard InChI is InChI=1S/C25H19N7O2/c1-3-16-9-7-12-18-19(16)25(34)32(17-10-5-4-6-11-17)22(29-18)15(2)28-24(33)20-21(26)30-31-14-8-13-27-23(20)31/h1,4-15H,2H3,(H2,26,30)(H,28,33)/p-1. The van der Waals surface area contributed by atoms with Crippen LogP contribution in [0.5, 0.6) is 0 Å². The number of fused-ring (bicyclic) bond motifs is 2. The Labute approximate surface area is 193 Å². The number of terminal acetylenes is 1. The van der Waals surface area contributed by atoms with Gasteiger partial charge in [-0.2, -0.15) is 0 Å². The fourth-order valence-electron chi connectivity index (χ4n) is 3.88. The SMILES string of the molecule is C#Cc1cccc2nc(C(C)N=C([O-])c3c(N)nn4cccnc34)n(-c3ccccc3)c(=O)c12. The van der Waals surface area contributed by atoms with Crippen molar-refractivity contribution in [2.75, 3.05) is 5.73 Å². The fraction of sp³-hybridized carbons (Fsp3) is 0.0800. The van der Waals surface area contributed by atoms with Crippen molar-refractivity contribution in [2.45, 2.75) is 13.0 Å². The van der Waals surface area contributed by atoms with Crippen molar-refractivity contribution < 1.29 is 5.11 Å². The first kappa shape index (κ1) is 20.9. The highest BCUT2D eigenvalue weighted by Crippen LogP contribution is 2.23. The third-order valence-corrected chi connectivity index (χ3v) is 5.41. The van der Waals surface area contributed by atoms with E-state index in [2.05, 4.69) is 21.0 Å². The second-order valence-corrected chi connectivity index (χ2v) is 7.55. The van der Waals surface area contributed by atoms with Gasteiger partial charge in [0.2, 0.25) is 0 Å². The summed E-state index contributed by atoms with van der Waals surface area (Å²) in [6, 6.07) is 15.0. The summed E-state index contributed by atoms with van der Waals surface area (Å²) in [7, 11) is 0. The van der Waals surface area contributed by atoms with E-state index in [9.17, 15) is 9.90 Å². The van der Waals surface area contributed by atoms with Crippen molar-refractivity contribution in [1.82, 2.24) is 24.1 Å². The highest BCUT2D eigenvalue weighted by Gasteiger charge is 2.20. The molecule has 166 valence electrons. The summed E-state index contributed by atoms with van der Waals surface area (Å²) in [6.07, 6.45) is 8.81. The average molecular weight is 448 g/mol. The maximum absolute atomic E-state index is 13.6. The lowest BCUT2D eigenvalue weighted by molar-refractivity contribution is -0.213. The van der Waals surface area contributed by atoms with Crippen molar-refractivity contribution >= 4 is 28.3 Å². The smallest absolute Gasteiger partial charge is 0.267 e. The molecule has 0 aliphatic carbocycles. The van der Waals surface area contributed by atoms with Gasteiger partial charge in [0.1, 0.15) is 11.9 Å². The molecule has 3 heterocycles. The van der Waals surface area contributed by atoms with Crippen LogP contribution < -0.4 is 16.4 Å². The van der Waals surface area contributed by atoms with Crippen LogP contribution in [0.25, 0.3) is 22.2 Å². The number of para-hydroxylation sites is 1. The van der Waals surface area contributed by atoms with E-state index >= 15 is 0 Å². The first-order valence-electron chi connectivity index (χ1n) is 10.4. The summed E-state index contributed by atoms with van der Waals surface area (Å²) in [5.41, 5.74) is 7.47. The zero-order valence-corrected chi connectivity index (χ0v) is 18.1. The Hall–Kier alpha value is -4.97. The second-order valence-electron chi connectivity index (χ2n) is 7.55. The van der Waals surface area contributed by atoms with E-state index in [1.807, 2.05) is 6.07 Å². The Morgan fingerprint density at radius 1 is 1.18 bits per heavy atom. The molecule has 0 aliphatic rings. The van der Waals surface area contributed by atoms with Crippen molar-refractivity contribution in [3.63, 3.8) is 0 Å². The van der Waals surface area contributed by atoms with Crippen molar-refractivity contribution in [2.24, 2.45) is 4.99 Å². The van der Waals surface area contributed by atoms with Gasteiger partial charge >= 0.3 is 0 Å². The van der Waals surface area contributed by atoms with Gasteiger partial charge in [-0.25, -0.2) is 14.5 Å². The number of hydrogen-bond acceptors (Lipinski definition) is 7. The Morgan fingerprint density at radius 2 is 1.97 bits per heavy atom. The van der Waals surface area contributed by atoms with Gasteiger partial charge in [-0.15, -0.1) is 11.5 Å². The summed E-state index contributed by atoms with van der Waals surface area (Å²) in [6.45, 7) is 1.69. The molecule has 1 unspecified atom stereocenters. The molecule has 3 aromatic heterocycles. The lowest BCUT2D eigenvalue weighted by Crippen LogP contribution is -2.27. The number of hydrogen-bond donors (Lipinski definition) is 1. The molecule has 0 spiro atoms. The summed E-state index contributed by atoms with van der Waals surface area (Å²) < 4.78 is 2.85. The van der Waals surface area contributed by atoms with E-state index in [0.717, 1.165) is 0 Å². The van der Waals surface area contributed by atoms with Crippen LogP contribution >= 0.6 is 0 Å². The van der Waals surface area contributed by atoms with E-state index in [0.29, 0.717) is 27.8 Å². The van der Waals surface area contributed by atoms with Gasteiger partial charge in [-0.05, 0) is 43.2 Å². The van der Waals surface area contributed by atoms with E-state index in [4.69, 9.17) is 17.1 Å². The zero-order valence-electron chi connectivity index (χ0n) is 18.1. The Kier molecular flexibility index (Phi) is 5.03. The lowest BCUT2D eigenvalue weighted by atomic mass is 10.1. The molecule has 0 aliphatic heterocycles. The maximum Gasteiger partial charge on any atom is 0.267 e. The minimum Gasteiger partial charge on any atom is -0.858 e. The molecule has 34 heavy (non-hydrogen) atoms. The largest absolute Gasteiger partial charge is 0.858 e. The minimum absolute atomic E-state index is 0.0187. The number of aromatic nitrogens is 5. The van der Waals surface area contributed by atoms with Crippen LogP contribution in [0.15, 0.2) is 76.8 Å². The van der Waals surface area contributed by atoms with Crippen LogP contribution in [0.3, 0.4) is 0 Å². The van der Waals surface area contributed by atoms with Gasteiger partial charge < -0.3 is 10.8 Å². The predicted octanol–water partition coefficient (Wildman–Crippen LogP) is 1.86. The highest BCUT2D eigenvalue weighted by molar-refractivity contribution is 6.01. The first-order valence-corrected chi connectivity index (χ1v) is 10.4. The van der Waals surface area contributed by atoms with Gasteiger partial charge in [0.15, 0.2) is 11.5 Å². The molecule has 0 bridgehead atoms. The van der Waals surface area contributed by atoms with Crippen LogP contribution in [-0.4, -0.2) is 30.0 Å². The first-order chi connectivity index (χ1) is 16.5. The van der Waals surface area contributed by atoms with Crippen LogP contribution in [0.2, 0.25) is 0 Å². The molecule has 5 aromatic rings. The molecule has 5 rings (SSSR count). The number of nitrogen functional groups attached to an aromatic ring is 1. The van der Waals surface area contributed by atoms with E-state index in [1.54, 1.807) is 61.7 Å². The van der Waals surface area contributed by atoms with Gasteiger partial charge in [0.25, 0.3) is 5.56 Å². The molecular weight excluding hydrogens is 430 g/mol. The van der Waals surface area contributed by atoms with Crippen LogP contribution in [0, 0.1) is 12.3 Å². The van der Waals surface area contributed by atoms with E-state index < -0.39 is 11.9 Å². The maximum atomic E-state index is 13.6. The van der Waals surface area contributed by atoms with Gasteiger partial charge in [0.05, 0.1) is 22.2 Å². The van der Waals surface area contributed by atoms with E-state index in [-0.39, 0.29) is 22.8 Å². The molecule has 0 fully saturated rings. The average Bonchev–Trinajstić information content (AvgIpc) is 3.19. The Bertz CT molecular complexity index is 1680. The Morgan fingerprint density at radius 3 is 2.74 bits per heavy atom. The van der Waals surface area contributed by atoms with E-state index in [1.165, 1.54) is 15.3 Å². The molecule has 0 saturated carbocycles. The second kappa shape index (κ2) is 8.18. The monoisotopic (exact) mass is 448 g/mol. The lowest BCUT2D eigenvalue weighted by Gasteiger charge is -2.19. The van der Waals surface area contributed by atoms with Crippen LogP contribution in [0.4, 0.5) is 5.82 Å². The highest BCUT2D eigenvalue weighted by atomic mass is 16.3. The summed E-state index contributed by atoms with van der Waals surface area (Å²) in [4.78, 5) is 26.8.